The van der Waals surface area contributed by atoms with Crippen LogP contribution in [0.5, 0.6) is 0 Å². The summed E-state index contributed by atoms with van der Waals surface area (Å²) in [5, 5.41) is 17.7. The van der Waals surface area contributed by atoms with Gasteiger partial charge in [-0.15, -0.1) is 0 Å². The van der Waals surface area contributed by atoms with Crippen LogP contribution in [0.25, 0.3) is 0 Å². The summed E-state index contributed by atoms with van der Waals surface area (Å²) in [6, 6.07) is 0. The monoisotopic (exact) mass is 148 g/mol. The van der Waals surface area contributed by atoms with Gasteiger partial charge in [0.25, 0.3) is 0 Å². The first kappa shape index (κ1) is 9.88. The van der Waals surface area contributed by atoms with Gasteiger partial charge < -0.3 is 14.9 Å². The van der Waals surface area contributed by atoms with E-state index in [4.69, 9.17) is 14.9 Å². The molecule has 2 N–H and O–H groups in total. The van der Waals surface area contributed by atoms with Crippen molar-refractivity contribution in [3.63, 3.8) is 0 Å². The molecule has 0 aliphatic rings. The summed E-state index contributed by atoms with van der Waals surface area (Å²) in [7, 11) is 1.55. The van der Waals surface area contributed by atoms with Gasteiger partial charge in [-0.05, 0) is 12.3 Å². The molecular weight excluding hydrogens is 132 g/mol. The minimum atomic E-state index is -0.438. The van der Waals surface area contributed by atoms with Crippen molar-refractivity contribution >= 4 is 0 Å². The van der Waals surface area contributed by atoms with Gasteiger partial charge in [0.15, 0.2) is 0 Å². The van der Waals surface area contributed by atoms with Crippen LogP contribution in [0, 0.1) is 5.92 Å². The van der Waals surface area contributed by atoms with E-state index in [-0.39, 0.29) is 12.5 Å². The van der Waals surface area contributed by atoms with Crippen molar-refractivity contribution in [2.75, 3.05) is 20.3 Å². The van der Waals surface area contributed by atoms with Crippen LogP contribution in [0.2, 0.25) is 0 Å². The summed E-state index contributed by atoms with van der Waals surface area (Å²) in [4.78, 5) is 0. The molecule has 0 aromatic rings. The predicted molar refractivity (Wildman–Crippen MR) is 38.7 cm³/mol. The van der Waals surface area contributed by atoms with Crippen molar-refractivity contribution in [1.82, 2.24) is 0 Å². The normalized spacial score (nSPS) is 16.8. The zero-order chi connectivity index (χ0) is 7.98. The van der Waals surface area contributed by atoms with Crippen LogP contribution in [0.3, 0.4) is 0 Å². The summed E-state index contributed by atoms with van der Waals surface area (Å²) in [5.74, 6) is 0.158. The average Bonchev–Trinajstić information content (AvgIpc) is 1.88. The Bertz CT molecular complexity index is 75.3. The highest BCUT2D eigenvalue weighted by Gasteiger charge is 2.08. The van der Waals surface area contributed by atoms with Gasteiger partial charge >= 0.3 is 0 Å². The summed E-state index contributed by atoms with van der Waals surface area (Å²) in [6.07, 6.45) is 0.164. The number of rotatable bonds is 5. The van der Waals surface area contributed by atoms with Crippen LogP contribution in [-0.4, -0.2) is 36.6 Å². The minimum Gasteiger partial charge on any atom is -0.396 e. The first-order valence-electron chi connectivity index (χ1n) is 3.48. The van der Waals surface area contributed by atoms with Crippen LogP contribution >= 0.6 is 0 Å². The lowest BCUT2D eigenvalue weighted by molar-refractivity contribution is 0.0429. The first-order chi connectivity index (χ1) is 4.70. The Morgan fingerprint density at radius 1 is 1.50 bits per heavy atom. The second-order valence-corrected chi connectivity index (χ2v) is 2.63. The van der Waals surface area contributed by atoms with Crippen LogP contribution in [-0.2, 0) is 4.74 Å². The van der Waals surface area contributed by atoms with Gasteiger partial charge in [0.2, 0.25) is 0 Å². The third-order valence-electron chi connectivity index (χ3n) is 1.35. The van der Waals surface area contributed by atoms with Crippen LogP contribution in [0.1, 0.15) is 13.3 Å². The first-order valence-corrected chi connectivity index (χ1v) is 3.48. The Morgan fingerprint density at radius 3 is 2.50 bits per heavy atom. The Balaban J connectivity index is 3.27. The lowest BCUT2D eigenvalue weighted by atomic mass is 10.1. The Hall–Kier alpha value is -0.120. The molecule has 3 heteroatoms. The summed E-state index contributed by atoms with van der Waals surface area (Å²) in [5.41, 5.74) is 0. The predicted octanol–water partition coefficient (Wildman–Crippen LogP) is 0.0122. The molecule has 0 radical (unpaired) electrons. The van der Waals surface area contributed by atoms with Gasteiger partial charge in [-0.25, -0.2) is 0 Å². The highest BCUT2D eigenvalue weighted by molar-refractivity contribution is 4.58. The maximum atomic E-state index is 9.11. The third-order valence-corrected chi connectivity index (χ3v) is 1.35. The van der Waals surface area contributed by atoms with Crippen molar-refractivity contribution in [3.05, 3.63) is 0 Å². The number of ether oxygens (including phenoxy) is 1. The highest BCUT2D eigenvalue weighted by atomic mass is 16.5. The van der Waals surface area contributed by atoms with Gasteiger partial charge in [0, 0.05) is 13.7 Å². The molecule has 0 aliphatic heterocycles. The molecule has 0 fully saturated rings. The van der Waals surface area contributed by atoms with E-state index in [0.717, 1.165) is 0 Å². The molecule has 10 heavy (non-hydrogen) atoms. The molecule has 0 bridgehead atoms. The molecule has 2 atom stereocenters. The average molecular weight is 148 g/mol. The van der Waals surface area contributed by atoms with E-state index in [2.05, 4.69) is 0 Å². The maximum Gasteiger partial charge on any atom is 0.0776 e. The standard InChI is InChI=1S/C7H16O3/c1-6(4-8)3-7(9)5-10-2/h6-9H,3-5H2,1-2H3. The second-order valence-electron chi connectivity index (χ2n) is 2.63. The van der Waals surface area contributed by atoms with E-state index < -0.39 is 6.10 Å². The van der Waals surface area contributed by atoms with Crippen molar-refractivity contribution in [2.45, 2.75) is 19.4 Å². The summed E-state index contributed by atoms with van der Waals surface area (Å²) in [6.45, 7) is 2.37. The Kier molecular flexibility index (Phi) is 5.58. The topological polar surface area (TPSA) is 49.7 Å². The van der Waals surface area contributed by atoms with Crippen LogP contribution in [0.4, 0.5) is 0 Å². The van der Waals surface area contributed by atoms with E-state index >= 15 is 0 Å². The smallest absolute Gasteiger partial charge is 0.0776 e. The molecule has 2 unspecified atom stereocenters. The number of hydrogen-bond acceptors (Lipinski definition) is 3. The molecule has 0 spiro atoms. The molecule has 0 aromatic heterocycles. The number of methoxy groups -OCH3 is 1. The van der Waals surface area contributed by atoms with Crippen LogP contribution in [0.15, 0.2) is 0 Å². The molecule has 0 saturated carbocycles. The zero-order valence-corrected chi connectivity index (χ0v) is 6.58. The molecule has 0 aromatic carbocycles. The van der Waals surface area contributed by atoms with E-state index in [1.165, 1.54) is 0 Å². The van der Waals surface area contributed by atoms with Crippen LogP contribution < -0.4 is 0 Å². The van der Waals surface area contributed by atoms with Gasteiger partial charge in [-0.3, -0.25) is 0 Å². The van der Waals surface area contributed by atoms with Crippen molar-refractivity contribution < 1.29 is 14.9 Å². The van der Waals surface area contributed by atoms with Gasteiger partial charge in [0.1, 0.15) is 0 Å². The minimum absolute atomic E-state index is 0.126. The van der Waals surface area contributed by atoms with Gasteiger partial charge in [0.05, 0.1) is 12.7 Å². The third kappa shape index (κ3) is 4.73. The molecule has 0 rings (SSSR count). The molecule has 0 saturated heterocycles. The highest BCUT2D eigenvalue weighted by Crippen LogP contribution is 2.04. The lowest BCUT2D eigenvalue weighted by Crippen LogP contribution is -2.18. The fourth-order valence-corrected chi connectivity index (χ4v) is 0.799. The molecular formula is C7H16O3. The molecule has 3 nitrogen and oxygen atoms in total. The van der Waals surface area contributed by atoms with Crippen molar-refractivity contribution in [1.29, 1.82) is 0 Å². The van der Waals surface area contributed by atoms with Crippen molar-refractivity contribution in [3.8, 4) is 0 Å². The van der Waals surface area contributed by atoms with E-state index in [0.29, 0.717) is 13.0 Å². The second kappa shape index (κ2) is 5.65. The molecule has 0 amide bonds. The largest absolute Gasteiger partial charge is 0.396 e. The number of aliphatic hydroxyl groups is 2. The fraction of sp³-hybridized carbons (Fsp3) is 1.00. The molecule has 0 heterocycles. The molecule has 0 aliphatic carbocycles. The summed E-state index contributed by atoms with van der Waals surface area (Å²) < 4.78 is 4.72. The quantitative estimate of drug-likeness (QED) is 0.577. The van der Waals surface area contributed by atoms with Gasteiger partial charge in [-0.1, -0.05) is 6.92 Å². The number of aliphatic hydroxyl groups excluding tert-OH is 2. The van der Waals surface area contributed by atoms with Gasteiger partial charge in [-0.2, -0.15) is 0 Å². The Morgan fingerprint density at radius 2 is 2.10 bits per heavy atom. The number of hydrogen-bond donors (Lipinski definition) is 2. The maximum absolute atomic E-state index is 9.11. The van der Waals surface area contributed by atoms with E-state index in [9.17, 15) is 0 Å². The van der Waals surface area contributed by atoms with E-state index in [1.54, 1.807) is 7.11 Å². The van der Waals surface area contributed by atoms with E-state index in [1.807, 2.05) is 6.92 Å². The molecule has 62 valence electrons. The zero-order valence-electron chi connectivity index (χ0n) is 6.58. The SMILES string of the molecule is COCC(O)CC(C)CO. The summed E-state index contributed by atoms with van der Waals surface area (Å²) >= 11 is 0. The fourth-order valence-electron chi connectivity index (χ4n) is 0.799. The lowest BCUT2D eigenvalue weighted by Gasteiger charge is -2.12. The Labute approximate surface area is 61.6 Å². The van der Waals surface area contributed by atoms with Crippen molar-refractivity contribution in [2.24, 2.45) is 5.92 Å².